The highest BCUT2D eigenvalue weighted by Gasteiger charge is 2.10. The van der Waals surface area contributed by atoms with Gasteiger partial charge in [-0.3, -0.25) is 4.79 Å². The molecule has 0 fully saturated rings. The van der Waals surface area contributed by atoms with Crippen LogP contribution in [0.25, 0.3) is 0 Å². The van der Waals surface area contributed by atoms with Gasteiger partial charge in [0.1, 0.15) is 0 Å². The van der Waals surface area contributed by atoms with Crippen LogP contribution in [0, 0.1) is 5.92 Å². The SMILES string of the molecule is CCC(CCO)CNCC(=O)N(CC)CC. The van der Waals surface area contributed by atoms with Gasteiger partial charge in [0, 0.05) is 19.7 Å². The molecular formula is C12H26N2O2. The molecule has 0 aromatic heterocycles. The van der Waals surface area contributed by atoms with Gasteiger partial charge in [0.25, 0.3) is 0 Å². The highest BCUT2D eigenvalue weighted by molar-refractivity contribution is 5.78. The lowest BCUT2D eigenvalue weighted by atomic mass is 10.0. The first kappa shape index (κ1) is 15.4. The van der Waals surface area contributed by atoms with E-state index in [1.54, 1.807) is 0 Å². The molecule has 0 saturated heterocycles. The minimum atomic E-state index is 0.156. The Morgan fingerprint density at radius 3 is 2.38 bits per heavy atom. The monoisotopic (exact) mass is 230 g/mol. The standard InChI is InChI=1S/C12H26N2O2/c1-4-11(7-8-15)9-13-10-12(16)14(5-2)6-3/h11,13,15H,4-10H2,1-3H3. The summed E-state index contributed by atoms with van der Waals surface area (Å²) in [4.78, 5) is 13.5. The maximum absolute atomic E-state index is 11.6. The molecule has 0 rings (SSSR count). The topological polar surface area (TPSA) is 52.6 Å². The molecule has 96 valence electrons. The van der Waals surface area contributed by atoms with Gasteiger partial charge in [-0.1, -0.05) is 13.3 Å². The van der Waals surface area contributed by atoms with Gasteiger partial charge in [0.15, 0.2) is 0 Å². The van der Waals surface area contributed by atoms with Crippen LogP contribution in [0.1, 0.15) is 33.6 Å². The average Bonchev–Trinajstić information content (AvgIpc) is 2.29. The van der Waals surface area contributed by atoms with Gasteiger partial charge in [-0.2, -0.15) is 0 Å². The lowest BCUT2D eigenvalue weighted by molar-refractivity contribution is -0.129. The number of carbonyl (C=O) groups excluding carboxylic acids is 1. The molecule has 0 aromatic rings. The number of hydrogen-bond acceptors (Lipinski definition) is 3. The van der Waals surface area contributed by atoms with Gasteiger partial charge < -0.3 is 15.3 Å². The third kappa shape index (κ3) is 6.08. The lowest BCUT2D eigenvalue weighted by Gasteiger charge is -2.20. The summed E-state index contributed by atoms with van der Waals surface area (Å²) in [6, 6.07) is 0. The van der Waals surface area contributed by atoms with Crippen LogP contribution in [-0.2, 0) is 4.79 Å². The average molecular weight is 230 g/mol. The van der Waals surface area contributed by atoms with Crippen LogP contribution >= 0.6 is 0 Å². The van der Waals surface area contributed by atoms with Gasteiger partial charge in [0.05, 0.1) is 6.54 Å². The second-order valence-electron chi connectivity index (χ2n) is 3.98. The summed E-state index contributed by atoms with van der Waals surface area (Å²) in [7, 11) is 0. The highest BCUT2D eigenvalue weighted by atomic mass is 16.3. The Morgan fingerprint density at radius 2 is 1.94 bits per heavy atom. The van der Waals surface area contributed by atoms with Crippen LogP contribution in [0.15, 0.2) is 0 Å². The molecule has 0 spiro atoms. The predicted octanol–water partition coefficient (Wildman–Crippen LogP) is 0.853. The van der Waals surface area contributed by atoms with E-state index < -0.39 is 0 Å². The van der Waals surface area contributed by atoms with Crippen molar-refractivity contribution >= 4 is 5.91 Å². The van der Waals surface area contributed by atoms with Crippen LogP contribution < -0.4 is 5.32 Å². The summed E-state index contributed by atoms with van der Waals surface area (Å²) in [6.07, 6.45) is 1.84. The van der Waals surface area contributed by atoms with Crippen molar-refractivity contribution in [1.82, 2.24) is 10.2 Å². The van der Waals surface area contributed by atoms with Crippen molar-refractivity contribution in [3.8, 4) is 0 Å². The van der Waals surface area contributed by atoms with E-state index in [9.17, 15) is 4.79 Å². The maximum Gasteiger partial charge on any atom is 0.236 e. The predicted molar refractivity (Wildman–Crippen MR) is 66.3 cm³/mol. The second-order valence-corrected chi connectivity index (χ2v) is 3.98. The first-order chi connectivity index (χ1) is 7.69. The van der Waals surface area contributed by atoms with Crippen molar-refractivity contribution in [2.24, 2.45) is 5.92 Å². The fourth-order valence-corrected chi connectivity index (χ4v) is 1.70. The molecule has 0 aliphatic rings. The third-order valence-corrected chi connectivity index (χ3v) is 2.94. The molecule has 1 atom stereocenters. The van der Waals surface area contributed by atoms with E-state index in [2.05, 4.69) is 12.2 Å². The number of amides is 1. The molecule has 0 aromatic carbocycles. The van der Waals surface area contributed by atoms with Crippen molar-refractivity contribution in [3.63, 3.8) is 0 Å². The molecule has 0 bridgehead atoms. The smallest absolute Gasteiger partial charge is 0.236 e. The summed E-state index contributed by atoms with van der Waals surface area (Å²) in [5.41, 5.74) is 0. The van der Waals surface area contributed by atoms with E-state index >= 15 is 0 Å². The Bertz CT molecular complexity index is 182. The highest BCUT2D eigenvalue weighted by Crippen LogP contribution is 2.05. The summed E-state index contributed by atoms with van der Waals surface area (Å²) in [5.74, 6) is 0.623. The zero-order chi connectivity index (χ0) is 12.4. The van der Waals surface area contributed by atoms with Crippen molar-refractivity contribution in [3.05, 3.63) is 0 Å². The van der Waals surface area contributed by atoms with Gasteiger partial charge >= 0.3 is 0 Å². The summed E-state index contributed by atoms with van der Waals surface area (Å²) >= 11 is 0. The fourth-order valence-electron chi connectivity index (χ4n) is 1.70. The Hall–Kier alpha value is -0.610. The molecule has 16 heavy (non-hydrogen) atoms. The summed E-state index contributed by atoms with van der Waals surface area (Å²) in [5, 5.41) is 12.0. The lowest BCUT2D eigenvalue weighted by Crippen LogP contribution is -2.39. The van der Waals surface area contributed by atoms with Crippen molar-refractivity contribution < 1.29 is 9.90 Å². The number of carbonyl (C=O) groups is 1. The van der Waals surface area contributed by atoms with E-state index in [0.29, 0.717) is 12.5 Å². The van der Waals surface area contributed by atoms with Crippen LogP contribution in [0.5, 0.6) is 0 Å². The van der Waals surface area contributed by atoms with E-state index in [-0.39, 0.29) is 12.5 Å². The molecule has 2 N–H and O–H groups in total. The number of rotatable bonds is 9. The van der Waals surface area contributed by atoms with Gasteiger partial charge in [-0.25, -0.2) is 0 Å². The minimum absolute atomic E-state index is 0.156. The third-order valence-electron chi connectivity index (χ3n) is 2.94. The zero-order valence-electron chi connectivity index (χ0n) is 10.8. The molecule has 0 aliphatic heterocycles. The first-order valence-electron chi connectivity index (χ1n) is 6.28. The molecule has 4 heteroatoms. The van der Waals surface area contributed by atoms with Crippen molar-refractivity contribution in [1.29, 1.82) is 0 Å². The molecule has 1 amide bonds. The van der Waals surface area contributed by atoms with E-state index in [0.717, 1.165) is 32.5 Å². The summed E-state index contributed by atoms with van der Waals surface area (Å²) in [6.45, 7) is 9.06. The molecule has 0 radical (unpaired) electrons. The number of aliphatic hydroxyl groups is 1. The number of nitrogens with zero attached hydrogens (tertiary/aromatic N) is 1. The number of aliphatic hydroxyl groups excluding tert-OH is 1. The van der Waals surface area contributed by atoms with Crippen molar-refractivity contribution in [2.45, 2.75) is 33.6 Å². The quantitative estimate of drug-likeness (QED) is 0.617. The first-order valence-corrected chi connectivity index (χ1v) is 6.28. The van der Waals surface area contributed by atoms with Crippen LogP contribution in [0.3, 0.4) is 0 Å². The van der Waals surface area contributed by atoms with Crippen molar-refractivity contribution in [2.75, 3.05) is 32.8 Å². The van der Waals surface area contributed by atoms with Gasteiger partial charge in [0.2, 0.25) is 5.91 Å². The normalized spacial score (nSPS) is 12.5. The van der Waals surface area contributed by atoms with E-state index in [1.165, 1.54) is 0 Å². The number of hydrogen-bond donors (Lipinski definition) is 2. The Balaban J connectivity index is 3.74. The second kappa shape index (κ2) is 9.60. The largest absolute Gasteiger partial charge is 0.396 e. The molecule has 0 heterocycles. The van der Waals surface area contributed by atoms with Crippen LogP contribution in [-0.4, -0.2) is 48.7 Å². The molecule has 1 unspecified atom stereocenters. The number of likely N-dealkylation sites (N-methyl/N-ethyl adjacent to an activating group) is 1. The Morgan fingerprint density at radius 1 is 1.31 bits per heavy atom. The van der Waals surface area contributed by atoms with Gasteiger partial charge in [-0.15, -0.1) is 0 Å². The number of nitrogens with one attached hydrogen (secondary N) is 1. The molecule has 0 saturated carbocycles. The van der Waals surface area contributed by atoms with Crippen LogP contribution in [0.4, 0.5) is 0 Å². The maximum atomic E-state index is 11.6. The zero-order valence-corrected chi connectivity index (χ0v) is 10.8. The Kier molecular flexibility index (Phi) is 9.24. The molecule has 4 nitrogen and oxygen atoms in total. The fraction of sp³-hybridized carbons (Fsp3) is 0.917. The van der Waals surface area contributed by atoms with Crippen LogP contribution in [0.2, 0.25) is 0 Å². The molecular weight excluding hydrogens is 204 g/mol. The molecule has 0 aliphatic carbocycles. The van der Waals surface area contributed by atoms with Gasteiger partial charge in [-0.05, 0) is 32.7 Å². The van der Waals surface area contributed by atoms with E-state index in [1.807, 2.05) is 18.7 Å². The summed E-state index contributed by atoms with van der Waals surface area (Å²) < 4.78 is 0. The Labute approximate surface area is 99.0 Å². The minimum Gasteiger partial charge on any atom is -0.396 e. The van der Waals surface area contributed by atoms with E-state index in [4.69, 9.17) is 5.11 Å².